The van der Waals surface area contributed by atoms with Crippen LogP contribution in [0.25, 0.3) is 0 Å². The lowest BCUT2D eigenvalue weighted by Crippen LogP contribution is -2.47. The third-order valence-corrected chi connectivity index (χ3v) is 2.67. The molecule has 0 fully saturated rings. The summed E-state index contributed by atoms with van der Waals surface area (Å²) in [6, 6.07) is 7.61. The number of hydrogen-bond acceptors (Lipinski definition) is 2. The molecule has 0 bridgehead atoms. The van der Waals surface area contributed by atoms with Gasteiger partial charge in [0.2, 0.25) is 0 Å². The maximum atomic E-state index is 13.0. The lowest BCUT2D eigenvalue weighted by Gasteiger charge is -2.31. The van der Waals surface area contributed by atoms with Gasteiger partial charge in [-0.2, -0.15) is 8.78 Å². The molecule has 0 saturated heterocycles. The molecule has 0 amide bonds. The average Bonchev–Trinajstić information content (AvgIpc) is 2.16. The number of halogens is 3. The summed E-state index contributed by atoms with van der Waals surface area (Å²) in [5.41, 5.74) is 2.89. The van der Waals surface area contributed by atoms with Crippen molar-refractivity contribution < 1.29 is 13.9 Å². The third kappa shape index (κ3) is 1.94. The SMILES string of the molecule is NCC(O)(c1ccccc1)C(F)(F)Br. The first-order valence-electron chi connectivity index (χ1n) is 3.96. The van der Waals surface area contributed by atoms with Crippen LogP contribution in [0.4, 0.5) is 8.78 Å². The van der Waals surface area contributed by atoms with E-state index in [4.69, 9.17) is 5.73 Å². The van der Waals surface area contributed by atoms with E-state index in [-0.39, 0.29) is 5.56 Å². The molecular weight excluding hydrogens is 256 g/mol. The van der Waals surface area contributed by atoms with Crippen LogP contribution in [-0.2, 0) is 5.60 Å². The second-order valence-electron chi connectivity index (χ2n) is 2.93. The van der Waals surface area contributed by atoms with E-state index in [0.717, 1.165) is 0 Å². The summed E-state index contributed by atoms with van der Waals surface area (Å²) in [5, 5.41) is 9.71. The summed E-state index contributed by atoms with van der Waals surface area (Å²) >= 11 is 2.13. The van der Waals surface area contributed by atoms with Gasteiger partial charge in [0.05, 0.1) is 0 Å². The molecule has 0 spiro atoms. The highest BCUT2D eigenvalue weighted by molar-refractivity contribution is 9.10. The van der Waals surface area contributed by atoms with Gasteiger partial charge in [0, 0.05) is 6.54 Å². The molecule has 0 aromatic heterocycles. The second kappa shape index (κ2) is 3.92. The quantitative estimate of drug-likeness (QED) is 0.820. The largest absolute Gasteiger partial charge is 0.377 e. The van der Waals surface area contributed by atoms with E-state index < -0.39 is 17.0 Å². The van der Waals surface area contributed by atoms with Crippen LogP contribution >= 0.6 is 15.9 Å². The fourth-order valence-corrected chi connectivity index (χ4v) is 1.50. The fourth-order valence-electron chi connectivity index (χ4n) is 1.11. The Balaban J connectivity index is 3.15. The predicted octanol–water partition coefficient (Wildman–Crippen LogP) is 1.82. The molecule has 3 N–H and O–H groups in total. The zero-order chi connectivity index (χ0) is 10.8. The average molecular weight is 266 g/mol. The Morgan fingerprint density at radius 1 is 1.29 bits per heavy atom. The number of hydrogen-bond donors (Lipinski definition) is 2. The summed E-state index contributed by atoms with van der Waals surface area (Å²) in [7, 11) is 0. The van der Waals surface area contributed by atoms with Gasteiger partial charge in [-0.15, -0.1) is 0 Å². The Kier molecular flexibility index (Phi) is 3.24. The highest BCUT2D eigenvalue weighted by Crippen LogP contribution is 2.41. The molecule has 0 aliphatic heterocycles. The molecule has 0 aliphatic rings. The van der Waals surface area contributed by atoms with Gasteiger partial charge in [-0.05, 0) is 21.5 Å². The molecule has 0 heterocycles. The first kappa shape index (κ1) is 11.6. The Bertz CT molecular complexity index is 301. The molecule has 0 radical (unpaired) electrons. The van der Waals surface area contributed by atoms with Crippen LogP contribution < -0.4 is 5.73 Å². The number of benzene rings is 1. The summed E-state index contributed by atoms with van der Waals surface area (Å²) in [5.74, 6) is 0. The van der Waals surface area contributed by atoms with Crippen LogP contribution in [0.1, 0.15) is 5.56 Å². The van der Waals surface area contributed by atoms with Gasteiger partial charge in [-0.25, -0.2) is 0 Å². The molecule has 2 nitrogen and oxygen atoms in total. The van der Waals surface area contributed by atoms with E-state index in [0.29, 0.717) is 0 Å². The number of rotatable bonds is 3. The number of aliphatic hydroxyl groups is 1. The minimum Gasteiger partial charge on any atom is -0.377 e. The summed E-state index contributed by atoms with van der Waals surface area (Å²) in [6.07, 6.45) is 0. The minimum absolute atomic E-state index is 0.0874. The van der Waals surface area contributed by atoms with Crippen LogP contribution in [0.2, 0.25) is 0 Å². The monoisotopic (exact) mass is 265 g/mol. The fraction of sp³-hybridized carbons (Fsp3) is 0.333. The molecular formula is C9H10BrF2NO. The molecule has 1 atom stereocenters. The molecule has 1 aromatic rings. The molecule has 5 heteroatoms. The Hall–Kier alpha value is -0.520. The molecule has 0 saturated carbocycles. The van der Waals surface area contributed by atoms with Crippen molar-refractivity contribution in [1.29, 1.82) is 0 Å². The van der Waals surface area contributed by atoms with E-state index in [1.165, 1.54) is 12.1 Å². The summed E-state index contributed by atoms with van der Waals surface area (Å²) in [4.78, 5) is -3.45. The van der Waals surface area contributed by atoms with Crippen molar-refractivity contribution in [3.63, 3.8) is 0 Å². The highest BCUT2D eigenvalue weighted by atomic mass is 79.9. The van der Waals surface area contributed by atoms with Gasteiger partial charge in [0.15, 0.2) is 5.60 Å². The normalized spacial score (nSPS) is 16.4. The van der Waals surface area contributed by atoms with Gasteiger partial charge in [0.1, 0.15) is 0 Å². The van der Waals surface area contributed by atoms with Crippen molar-refractivity contribution in [3.8, 4) is 0 Å². The molecule has 1 unspecified atom stereocenters. The van der Waals surface area contributed by atoms with Crippen molar-refractivity contribution in [3.05, 3.63) is 35.9 Å². The zero-order valence-corrected chi connectivity index (χ0v) is 8.84. The molecule has 14 heavy (non-hydrogen) atoms. The van der Waals surface area contributed by atoms with Crippen molar-refractivity contribution in [1.82, 2.24) is 0 Å². The Morgan fingerprint density at radius 3 is 2.14 bits per heavy atom. The first-order chi connectivity index (χ1) is 6.42. The maximum absolute atomic E-state index is 13.0. The van der Waals surface area contributed by atoms with Crippen LogP contribution in [0.3, 0.4) is 0 Å². The lowest BCUT2D eigenvalue weighted by atomic mass is 9.94. The van der Waals surface area contributed by atoms with Crippen molar-refractivity contribution in [2.45, 2.75) is 10.4 Å². The number of alkyl halides is 3. The smallest absolute Gasteiger partial charge is 0.334 e. The van der Waals surface area contributed by atoms with E-state index in [1.807, 2.05) is 0 Å². The second-order valence-corrected chi connectivity index (χ2v) is 3.92. The van der Waals surface area contributed by atoms with Gasteiger partial charge in [-0.3, -0.25) is 0 Å². The minimum atomic E-state index is -3.45. The predicted molar refractivity (Wildman–Crippen MR) is 53.3 cm³/mol. The van der Waals surface area contributed by atoms with Crippen LogP contribution in [0.15, 0.2) is 30.3 Å². The number of nitrogens with two attached hydrogens (primary N) is 1. The van der Waals surface area contributed by atoms with Gasteiger partial charge in [0.25, 0.3) is 0 Å². The molecule has 1 rings (SSSR count). The maximum Gasteiger partial charge on any atom is 0.334 e. The zero-order valence-electron chi connectivity index (χ0n) is 7.25. The van der Waals surface area contributed by atoms with Gasteiger partial charge >= 0.3 is 4.83 Å². The third-order valence-electron chi connectivity index (χ3n) is 2.02. The van der Waals surface area contributed by atoms with Gasteiger partial charge in [-0.1, -0.05) is 30.3 Å². The molecule has 78 valence electrons. The topological polar surface area (TPSA) is 46.2 Å². The summed E-state index contributed by atoms with van der Waals surface area (Å²) < 4.78 is 26.1. The standard InChI is InChI=1S/C9H10BrF2NO/c10-9(11,12)8(14,6-13)7-4-2-1-3-5-7/h1-5,14H,6,13H2. The Morgan fingerprint density at radius 2 is 1.79 bits per heavy atom. The van der Waals surface area contributed by atoms with Crippen molar-refractivity contribution in [2.24, 2.45) is 5.73 Å². The van der Waals surface area contributed by atoms with Crippen LogP contribution in [0, 0.1) is 0 Å². The van der Waals surface area contributed by atoms with E-state index >= 15 is 0 Å². The van der Waals surface area contributed by atoms with E-state index in [1.54, 1.807) is 18.2 Å². The lowest BCUT2D eigenvalue weighted by molar-refractivity contribution is -0.115. The highest BCUT2D eigenvalue weighted by Gasteiger charge is 2.50. The Labute approximate surface area is 88.9 Å². The van der Waals surface area contributed by atoms with E-state index in [9.17, 15) is 13.9 Å². The van der Waals surface area contributed by atoms with Gasteiger partial charge < -0.3 is 10.8 Å². The van der Waals surface area contributed by atoms with Crippen molar-refractivity contribution in [2.75, 3.05) is 6.54 Å². The van der Waals surface area contributed by atoms with Crippen LogP contribution in [0.5, 0.6) is 0 Å². The van der Waals surface area contributed by atoms with Crippen LogP contribution in [-0.4, -0.2) is 16.5 Å². The first-order valence-corrected chi connectivity index (χ1v) is 4.76. The molecule has 0 aliphatic carbocycles. The van der Waals surface area contributed by atoms with Crippen molar-refractivity contribution >= 4 is 15.9 Å². The van der Waals surface area contributed by atoms with E-state index in [2.05, 4.69) is 15.9 Å². The summed E-state index contributed by atoms with van der Waals surface area (Å²) in [6.45, 7) is -0.560. The molecule has 1 aromatic carbocycles.